The second-order valence-electron chi connectivity index (χ2n) is 5.55. The Morgan fingerprint density at radius 1 is 1.20 bits per heavy atom. The zero-order valence-corrected chi connectivity index (χ0v) is 15.0. The number of piperazine rings is 1. The van der Waals surface area contributed by atoms with Gasteiger partial charge in [-0.2, -0.15) is 17.5 Å². The third kappa shape index (κ3) is 3.37. The summed E-state index contributed by atoms with van der Waals surface area (Å²) >= 11 is 0.555. The van der Waals surface area contributed by atoms with E-state index >= 15 is 0 Å². The van der Waals surface area contributed by atoms with Crippen LogP contribution in [-0.4, -0.2) is 49.0 Å². The first-order valence-electron chi connectivity index (χ1n) is 7.31. The number of halogens is 3. The summed E-state index contributed by atoms with van der Waals surface area (Å²) in [5, 5.41) is 3.90. The molecule has 1 saturated heterocycles. The highest BCUT2D eigenvalue weighted by Gasteiger charge is 2.36. The molecular weight excluding hydrogens is 381 g/mol. The number of aromatic nitrogens is 2. The summed E-state index contributed by atoms with van der Waals surface area (Å²) in [5.41, 5.74) is 0.287. The lowest BCUT2D eigenvalue weighted by molar-refractivity contribution is -0.134. The summed E-state index contributed by atoms with van der Waals surface area (Å²) in [5.74, 6) is 0.217. The van der Waals surface area contributed by atoms with Crippen molar-refractivity contribution in [3.8, 4) is 0 Å². The van der Waals surface area contributed by atoms with Gasteiger partial charge in [0, 0.05) is 26.2 Å². The summed E-state index contributed by atoms with van der Waals surface area (Å²) in [4.78, 5) is 4.74. The van der Waals surface area contributed by atoms with Crippen LogP contribution in [0.5, 0.6) is 0 Å². The highest BCUT2D eigenvalue weighted by Crippen LogP contribution is 2.36. The predicted molar refractivity (Wildman–Crippen MR) is 84.1 cm³/mol. The first-order chi connectivity index (χ1) is 11.6. The SMILES string of the molecule is Cc1noc(C)c1S(=O)(=O)N1CCN(c2ncc(C(F)(F)F)s2)CC1. The van der Waals surface area contributed by atoms with Gasteiger partial charge in [-0.3, -0.25) is 0 Å². The quantitative estimate of drug-likeness (QED) is 0.792. The molecule has 0 amide bonds. The van der Waals surface area contributed by atoms with Gasteiger partial charge < -0.3 is 9.42 Å². The van der Waals surface area contributed by atoms with E-state index in [0.29, 0.717) is 11.3 Å². The number of anilines is 1. The molecule has 25 heavy (non-hydrogen) atoms. The summed E-state index contributed by atoms with van der Waals surface area (Å²) in [6.45, 7) is 3.88. The normalized spacial score (nSPS) is 17.2. The minimum atomic E-state index is -4.43. The van der Waals surface area contributed by atoms with Crippen LogP contribution in [0.4, 0.5) is 18.3 Å². The largest absolute Gasteiger partial charge is 0.427 e. The molecule has 0 saturated carbocycles. The van der Waals surface area contributed by atoms with Gasteiger partial charge >= 0.3 is 6.18 Å². The summed E-state index contributed by atoms with van der Waals surface area (Å²) in [7, 11) is -3.75. The van der Waals surface area contributed by atoms with E-state index in [1.165, 1.54) is 11.2 Å². The van der Waals surface area contributed by atoms with Crippen LogP contribution < -0.4 is 4.90 Å². The Labute approximate surface area is 146 Å². The zero-order valence-electron chi connectivity index (χ0n) is 13.4. The topological polar surface area (TPSA) is 79.5 Å². The van der Waals surface area contributed by atoms with E-state index in [1.54, 1.807) is 11.8 Å². The molecule has 1 fully saturated rings. The molecule has 12 heteroatoms. The summed E-state index contributed by atoms with van der Waals surface area (Å²) in [6, 6.07) is 0. The molecule has 0 atom stereocenters. The predicted octanol–water partition coefficient (Wildman–Crippen LogP) is 2.28. The third-order valence-corrected chi connectivity index (χ3v) is 7.09. The molecule has 0 aliphatic carbocycles. The Hall–Kier alpha value is -1.66. The van der Waals surface area contributed by atoms with E-state index < -0.39 is 21.1 Å². The first-order valence-corrected chi connectivity index (χ1v) is 9.57. The average Bonchev–Trinajstić information content (AvgIpc) is 3.14. The van der Waals surface area contributed by atoms with Gasteiger partial charge in [0.2, 0.25) is 10.0 Å². The second-order valence-corrected chi connectivity index (χ2v) is 8.43. The Kier molecular flexibility index (Phi) is 4.54. The van der Waals surface area contributed by atoms with Crippen LogP contribution in [0.1, 0.15) is 16.3 Å². The van der Waals surface area contributed by atoms with Crippen molar-refractivity contribution in [2.45, 2.75) is 24.9 Å². The highest BCUT2D eigenvalue weighted by atomic mass is 32.2. The Morgan fingerprint density at radius 2 is 1.84 bits per heavy atom. The number of rotatable bonds is 3. The lowest BCUT2D eigenvalue weighted by atomic mass is 10.4. The van der Waals surface area contributed by atoms with Crippen molar-refractivity contribution in [1.29, 1.82) is 0 Å². The van der Waals surface area contributed by atoms with Gasteiger partial charge in [0.1, 0.15) is 15.5 Å². The molecule has 1 aliphatic heterocycles. The number of nitrogens with zero attached hydrogens (tertiary/aromatic N) is 4. The van der Waals surface area contributed by atoms with Gasteiger partial charge in [-0.15, -0.1) is 0 Å². The fraction of sp³-hybridized carbons (Fsp3) is 0.538. The van der Waals surface area contributed by atoms with Gasteiger partial charge in [-0.1, -0.05) is 16.5 Å². The van der Waals surface area contributed by atoms with Gasteiger partial charge in [-0.25, -0.2) is 13.4 Å². The van der Waals surface area contributed by atoms with E-state index in [4.69, 9.17) is 4.52 Å². The molecule has 1 aliphatic rings. The fourth-order valence-electron chi connectivity index (χ4n) is 2.63. The van der Waals surface area contributed by atoms with Crippen LogP contribution in [0, 0.1) is 13.8 Å². The van der Waals surface area contributed by atoms with Crippen LogP contribution in [0.3, 0.4) is 0 Å². The summed E-state index contributed by atoms with van der Waals surface area (Å²) < 4.78 is 69.6. The number of alkyl halides is 3. The Morgan fingerprint density at radius 3 is 2.32 bits per heavy atom. The molecule has 0 spiro atoms. The standard InChI is InChI=1S/C13H15F3N4O3S2/c1-8-11(9(2)23-18-8)25(21,22)20-5-3-19(4-6-20)12-17-7-10(24-12)13(14,15)16/h7H,3-6H2,1-2H3. The zero-order chi connectivity index (χ0) is 18.4. The van der Waals surface area contributed by atoms with E-state index in [0.717, 1.165) is 6.20 Å². The molecule has 0 unspecified atom stereocenters. The fourth-order valence-corrected chi connectivity index (χ4v) is 5.18. The van der Waals surface area contributed by atoms with Crippen molar-refractivity contribution in [2.24, 2.45) is 0 Å². The van der Waals surface area contributed by atoms with Gasteiger partial charge in [0.05, 0.1) is 6.20 Å². The number of hydrogen-bond donors (Lipinski definition) is 0. The van der Waals surface area contributed by atoms with Crippen LogP contribution in [0.15, 0.2) is 15.6 Å². The number of aryl methyl sites for hydroxylation is 2. The molecule has 2 aromatic rings. The van der Waals surface area contributed by atoms with Crippen molar-refractivity contribution in [3.63, 3.8) is 0 Å². The lowest BCUT2D eigenvalue weighted by Gasteiger charge is -2.33. The van der Waals surface area contributed by atoms with Gasteiger partial charge in [-0.05, 0) is 13.8 Å². The van der Waals surface area contributed by atoms with E-state index in [2.05, 4.69) is 10.1 Å². The molecule has 138 valence electrons. The molecule has 2 aromatic heterocycles. The third-order valence-electron chi connectivity index (χ3n) is 3.85. The highest BCUT2D eigenvalue weighted by molar-refractivity contribution is 7.89. The van der Waals surface area contributed by atoms with Gasteiger partial charge in [0.15, 0.2) is 10.9 Å². The molecule has 7 nitrogen and oxygen atoms in total. The first kappa shape index (κ1) is 18.1. The van der Waals surface area contributed by atoms with Crippen LogP contribution in [0.25, 0.3) is 0 Å². The van der Waals surface area contributed by atoms with Crippen LogP contribution >= 0.6 is 11.3 Å². The second kappa shape index (κ2) is 6.25. The monoisotopic (exact) mass is 396 g/mol. The van der Waals surface area contributed by atoms with Crippen molar-refractivity contribution in [1.82, 2.24) is 14.4 Å². The van der Waals surface area contributed by atoms with E-state index in [-0.39, 0.29) is 47.7 Å². The molecule has 3 rings (SSSR count). The number of thiazole rings is 1. The smallest absolute Gasteiger partial charge is 0.360 e. The average molecular weight is 396 g/mol. The van der Waals surface area contributed by atoms with E-state index in [9.17, 15) is 21.6 Å². The molecule has 0 aromatic carbocycles. The molecule has 0 bridgehead atoms. The van der Waals surface area contributed by atoms with Crippen molar-refractivity contribution in [2.75, 3.05) is 31.1 Å². The summed E-state index contributed by atoms with van der Waals surface area (Å²) in [6.07, 6.45) is -3.63. The maximum absolute atomic E-state index is 12.7. The van der Waals surface area contributed by atoms with Crippen molar-refractivity contribution >= 4 is 26.5 Å². The minimum Gasteiger partial charge on any atom is -0.360 e. The molecule has 0 N–H and O–H groups in total. The van der Waals surface area contributed by atoms with Crippen LogP contribution in [-0.2, 0) is 16.2 Å². The maximum Gasteiger partial charge on any atom is 0.427 e. The Bertz CT molecular complexity index is 848. The number of hydrogen-bond acceptors (Lipinski definition) is 7. The van der Waals surface area contributed by atoms with Crippen molar-refractivity contribution < 1.29 is 26.1 Å². The molecular formula is C13H15F3N4O3S2. The van der Waals surface area contributed by atoms with Crippen LogP contribution in [0.2, 0.25) is 0 Å². The molecule has 0 radical (unpaired) electrons. The Balaban J connectivity index is 1.73. The maximum atomic E-state index is 12.7. The minimum absolute atomic E-state index is 0.0505. The van der Waals surface area contributed by atoms with E-state index in [1.807, 2.05) is 0 Å². The van der Waals surface area contributed by atoms with Gasteiger partial charge in [0.25, 0.3) is 0 Å². The van der Waals surface area contributed by atoms with Crippen molar-refractivity contribution in [3.05, 3.63) is 22.5 Å². The molecule has 3 heterocycles. The lowest BCUT2D eigenvalue weighted by Crippen LogP contribution is -2.48. The number of sulfonamides is 1.